The first-order chi connectivity index (χ1) is 11.6. The maximum Gasteiger partial charge on any atom is 0.314 e. The van der Waals surface area contributed by atoms with E-state index in [1.165, 1.54) is 6.39 Å². The normalized spacial score (nSPS) is 10.2. The van der Waals surface area contributed by atoms with Gasteiger partial charge in [0.15, 0.2) is 12.2 Å². The fourth-order valence-corrected chi connectivity index (χ4v) is 2.26. The summed E-state index contributed by atoms with van der Waals surface area (Å²) in [6.07, 6.45) is 2.98. The second kappa shape index (κ2) is 6.78. The van der Waals surface area contributed by atoms with Gasteiger partial charge in [-0.05, 0) is 42.8 Å². The van der Waals surface area contributed by atoms with Crippen LogP contribution >= 0.6 is 0 Å². The molecule has 0 unspecified atom stereocenters. The molecule has 1 heterocycles. The molecular weight excluding hydrogens is 306 g/mol. The number of carbonyl (C=O) groups is 2. The van der Waals surface area contributed by atoms with Crippen molar-refractivity contribution in [2.24, 2.45) is 0 Å². The molecule has 1 aromatic heterocycles. The molecule has 2 N–H and O–H groups in total. The molecule has 2 aromatic carbocycles. The van der Waals surface area contributed by atoms with E-state index in [0.29, 0.717) is 17.1 Å². The van der Waals surface area contributed by atoms with Crippen LogP contribution in [0.1, 0.15) is 5.56 Å². The van der Waals surface area contributed by atoms with Gasteiger partial charge in [0, 0.05) is 16.9 Å². The van der Waals surface area contributed by atoms with Crippen LogP contribution in [0.5, 0.6) is 0 Å². The molecule has 0 aliphatic rings. The molecule has 0 saturated carbocycles. The molecule has 6 heteroatoms. The number of para-hydroxylation sites is 1. The highest BCUT2D eigenvalue weighted by molar-refractivity contribution is 6.43. The topological polar surface area (TPSA) is 84.2 Å². The van der Waals surface area contributed by atoms with Crippen molar-refractivity contribution in [1.82, 2.24) is 4.98 Å². The molecule has 0 saturated heterocycles. The summed E-state index contributed by atoms with van der Waals surface area (Å²) in [5.74, 6) is -0.809. The van der Waals surface area contributed by atoms with E-state index >= 15 is 0 Å². The molecular formula is C18H15N3O3. The van der Waals surface area contributed by atoms with Gasteiger partial charge in [-0.2, -0.15) is 0 Å². The van der Waals surface area contributed by atoms with Crippen LogP contribution in [0.4, 0.5) is 11.4 Å². The molecule has 3 aromatic rings. The lowest BCUT2D eigenvalue weighted by molar-refractivity contribution is -0.132. The zero-order chi connectivity index (χ0) is 16.9. The van der Waals surface area contributed by atoms with E-state index in [4.69, 9.17) is 4.42 Å². The van der Waals surface area contributed by atoms with Crippen LogP contribution in [-0.4, -0.2) is 16.8 Å². The number of hydrogen-bond acceptors (Lipinski definition) is 4. The predicted molar refractivity (Wildman–Crippen MR) is 90.4 cm³/mol. The smallest absolute Gasteiger partial charge is 0.314 e. The Balaban J connectivity index is 1.68. The second-order valence-electron chi connectivity index (χ2n) is 5.17. The van der Waals surface area contributed by atoms with E-state index in [1.807, 2.05) is 13.0 Å². The summed E-state index contributed by atoms with van der Waals surface area (Å²) in [6, 6.07) is 14.1. The van der Waals surface area contributed by atoms with Crippen LogP contribution in [0.2, 0.25) is 0 Å². The molecule has 0 bridgehead atoms. The van der Waals surface area contributed by atoms with Gasteiger partial charge in [0.05, 0.1) is 6.20 Å². The van der Waals surface area contributed by atoms with E-state index in [2.05, 4.69) is 15.6 Å². The first kappa shape index (κ1) is 15.5. The van der Waals surface area contributed by atoms with E-state index in [1.54, 1.807) is 48.7 Å². The van der Waals surface area contributed by atoms with Crippen molar-refractivity contribution in [3.8, 4) is 11.3 Å². The summed E-state index contributed by atoms with van der Waals surface area (Å²) in [4.78, 5) is 27.8. The number of hydrogen-bond donors (Lipinski definition) is 2. The van der Waals surface area contributed by atoms with Crippen LogP contribution in [0, 0.1) is 6.92 Å². The number of aromatic nitrogens is 1. The number of aryl methyl sites for hydroxylation is 1. The summed E-state index contributed by atoms with van der Waals surface area (Å²) >= 11 is 0. The Kier molecular flexibility index (Phi) is 4.38. The zero-order valence-electron chi connectivity index (χ0n) is 12.9. The van der Waals surface area contributed by atoms with Crippen molar-refractivity contribution in [1.29, 1.82) is 0 Å². The first-order valence-electron chi connectivity index (χ1n) is 7.30. The van der Waals surface area contributed by atoms with Crippen LogP contribution in [0.25, 0.3) is 11.3 Å². The largest absolute Gasteiger partial charge is 0.444 e. The third kappa shape index (κ3) is 3.49. The quantitative estimate of drug-likeness (QED) is 0.725. The van der Waals surface area contributed by atoms with E-state index < -0.39 is 11.8 Å². The standard InChI is InChI=1S/C18H15N3O3/c1-12-9-14(7-8-15(12)16-10-19-11-24-16)21-18(23)17(22)20-13-5-3-2-4-6-13/h2-11H,1H3,(H,20,22)(H,21,23). The lowest BCUT2D eigenvalue weighted by atomic mass is 10.1. The molecule has 0 aliphatic heterocycles. The molecule has 24 heavy (non-hydrogen) atoms. The number of oxazole rings is 1. The minimum absolute atomic E-state index is 0.531. The molecule has 3 rings (SSSR count). The fourth-order valence-electron chi connectivity index (χ4n) is 2.26. The molecule has 0 radical (unpaired) electrons. The van der Waals surface area contributed by atoms with E-state index in [-0.39, 0.29) is 0 Å². The lowest BCUT2D eigenvalue weighted by Crippen LogP contribution is -2.29. The van der Waals surface area contributed by atoms with Crippen molar-refractivity contribution < 1.29 is 14.0 Å². The van der Waals surface area contributed by atoms with Crippen molar-refractivity contribution in [2.75, 3.05) is 10.6 Å². The Morgan fingerprint density at radius 2 is 1.67 bits per heavy atom. The number of carbonyl (C=O) groups excluding carboxylic acids is 2. The number of amides is 2. The molecule has 0 aliphatic carbocycles. The van der Waals surface area contributed by atoms with Crippen LogP contribution in [0.15, 0.2) is 65.5 Å². The number of rotatable bonds is 3. The maximum atomic E-state index is 12.0. The first-order valence-corrected chi connectivity index (χ1v) is 7.30. The maximum absolute atomic E-state index is 12.0. The Morgan fingerprint density at radius 3 is 2.29 bits per heavy atom. The summed E-state index contributed by atoms with van der Waals surface area (Å²) in [5, 5.41) is 5.11. The fraction of sp³-hybridized carbons (Fsp3) is 0.0556. The summed E-state index contributed by atoms with van der Waals surface area (Å²) in [5.41, 5.74) is 2.87. The summed E-state index contributed by atoms with van der Waals surface area (Å²) < 4.78 is 5.26. The summed E-state index contributed by atoms with van der Waals surface area (Å²) in [6.45, 7) is 1.89. The van der Waals surface area contributed by atoms with Crippen LogP contribution < -0.4 is 10.6 Å². The second-order valence-corrected chi connectivity index (χ2v) is 5.17. The van der Waals surface area contributed by atoms with Gasteiger partial charge in [-0.25, -0.2) is 4.98 Å². The highest BCUT2D eigenvalue weighted by Crippen LogP contribution is 2.25. The third-order valence-electron chi connectivity index (χ3n) is 3.42. The number of nitrogens with zero attached hydrogens (tertiary/aromatic N) is 1. The average molecular weight is 321 g/mol. The minimum Gasteiger partial charge on any atom is -0.444 e. The minimum atomic E-state index is -0.731. The SMILES string of the molecule is Cc1cc(NC(=O)C(=O)Nc2ccccc2)ccc1-c1cnco1. The molecule has 0 spiro atoms. The van der Waals surface area contributed by atoms with Gasteiger partial charge >= 0.3 is 11.8 Å². The zero-order valence-corrected chi connectivity index (χ0v) is 12.9. The highest BCUT2D eigenvalue weighted by atomic mass is 16.3. The molecule has 6 nitrogen and oxygen atoms in total. The lowest BCUT2D eigenvalue weighted by Gasteiger charge is -2.09. The van der Waals surface area contributed by atoms with Crippen molar-refractivity contribution in [3.05, 3.63) is 66.7 Å². The van der Waals surface area contributed by atoms with Crippen molar-refractivity contribution in [2.45, 2.75) is 6.92 Å². The summed E-state index contributed by atoms with van der Waals surface area (Å²) in [7, 11) is 0. The van der Waals surface area contributed by atoms with Gasteiger partial charge in [0.25, 0.3) is 0 Å². The Morgan fingerprint density at radius 1 is 0.958 bits per heavy atom. The molecule has 120 valence electrons. The number of anilines is 2. The average Bonchev–Trinajstić information content (AvgIpc) is 3.10. The Bertz CT molecular complexity index is 858. The van der Waals surface area contributed by atoms with Gasteiger partial charge in [-0.3, -0.25) is 9.59 Å². The van der Waals surface area contributed by atoms with E-state index in [9.17, 15) is 9.59 Å². The molecule has 0 fully saturated rings. The van der Waals surface area contributed by atoms with Gasteiger partial charge in [0.1, 0.15) is 0 Å². The number of benzene rings is 2. The van der Waals surface area contributed by atoms with Gasteiger partial charge in [-0.1, -0.05) is 18.2 Å². The Labute approximate surface area is 138 Å². The van der Waals surface area contributed by atoms with Gasteiger partial charge < -0.3 is 15.1 Å². The Hall–Kier alpha value is -3.41. The highest BCUT2D eigenvalue weighted by Gasteiger charge is 2.15. The van der Waals surface area contributed by atoms with Crippen LogP contribution in [-0.2, 0) is 9.59 Å². The molecule has 2 amide bonds. The monoisotopic (exact) mass is 321 g/mol. The number of nitrogens with one attached hydrogen (secondary N) is 2. The predicted octanol–water partition coefficient (Wildman–Crippen LogP) is 3.23. The van der Waals surface area contributed by atoms with E-state index in [0.717, 1.165) is 11.1 Å². The van der Waals surface area contributed by atoms with Gasteiger partial charge in [0.2, 0.25) is 0 Å². The molecule has 0 atom stereocenters. The van der Waals surface area contributed by atoms with Gasteiger partial charge in [-0.15, -0.1) is 0 Å². The third-order valence-corrected chi connectivity index (χ3v) is 3.42. The van der Waals surface area contributed by atoms with Crippen LogP contribution in [0.3, 0.4) is 0 Å². The van der Waals surface area contributed by atoms with Crippen molar-refractivity contribution >= 4 is 23.2 Å². The van der Waals surface area contributed by atoms with Crippen molar-refractivity contribution in [3.63, 3.8) is 0 Å².